The van der Waals surface area contributed by atoms with E-state index in [1.54, 1.807) is 16.9 Å². The Kier molecular flexibility index (Phi) is 5.59. The van der Waals surface area contributed by atoms with Crippen LogP contribution in [-0.2, 0) is 16.0 Å². The molecule has 0 spiro atoms. The fourth-order valence-electron chi connectivity index (χ4n) is 3.61. The molecule has 1 aliphatic rings. The van der Waals surface area contributed by atoms with E-state index in [-0.39, 0.29) is 5.91 Å². The summed E-state index contributed by atoms with van der Waals surface area (Å²) in [5, 5.41) is 8.64. The van der Waals surface area contributed by atoms with E-state index in [2.05, 4.69) is 20.4 Å². The summed E-state index contributed by atoms with van der Waals surface area (Å²) >= 11 is 1.43. The van der Waals surface area contributed by atoms with E-state index in [9.17, 15) is 4.79 Å². The van der Waals surface area contributed by atoms with E-state index < -0.39 is 6.04 Å². The first-order chi connectivity index (χ1) is 15.3. The first kappa shape index (κ1) is 19.7. The summed E-state index contributed by atoms with van der Waals surface area (Å²) in [4.78, 5) is 24.7. The molecule has 1 amide bonds. The van der Waals surface area contributed by atoms with Crippen LogP contribution in [0.15, 0.2) is 61.1 Å². The van der Waals surface area contributed by atoms with Crippen LogP contribution in [0.5, 0.6) is 0 Å². The maximum atomic E-state index is 13.3. The number of rotatable bonds is 6. The summed E-state index contributed by atoms with van der Waals surface area (Å²) in [5.41, 5.74) is 2.87. The number of carbonyl (C=O) groups excluding carboxylic acids is 1. The lowest BCUT2D eigenvalue weighted by Gasteiger charge is -2.30. The number of fused-ring (bicyclic) bond motifs is 1. The topological polar surface area (TPSA) is 84.7 Å². The van der Waals surface area contributed by atoms with Gasteiger partial charge in [0.1, 0.15) is 6.04 Å². The highest BCUT2D eigenvalue weighted by molar-refractivity contribution is 7.20. The molecule has 8 nitrogen and oxygen atoms in total. The summed E-state index contributed by atoms with van der Waals surface area (Å²) in [6.45, 7) is 2.38. The predicted octanol–water partition coefficient (Wildman–Crippen LogP) is 2.73. The van der Waals surface area contributed by atoms with Crippen molar-refractivity contribution in [2.45, 2.75) is 12.5 Å². The molecular weight excluding hydrogens is 412 g/mol. The number of amides is 1. The van der Waals surface area contributed by atoms with Crippen LogP contribution in [0, 0.1) is 0 Å². The number of ether oxygens (including phenoxy) is 1. The van der Waals surface area contributed by atoms with Crippen molar-refractivity contribution >= 4 is 27.3 Å². The molecule has 1 atom stereocenters. The van der Waals surface area contributed by atoms with Gasteiger partial charge in [-0.2, -0.15) is 0 Å². The molecule has 0 radical (unpaired) electrons. The second-order valence-corrected chi connectivity index (χ2v) is 8.28. The van der Waals surface area contributed by atoms with Gasteiger partial charge in [0.15, 0.2) is 0 Å². The lowest BCUT2D eigenvalue weighted by atomic mass is 10.0. The third kappa shape index (κ3) is 4.42. The molecule has 4 aromatic rings. The second kappa shape index (κ2) is 8.83. The molecule has 1 aliphatic heterocycles. The highest BCUT2D eigenvalue weighted by Crippen LogP contribution is 2.25. The molecule has 3 aromatic heterocycles. The van der Waals surface area contributed by atoms with Crippen LogP contribution in [0.4, 0.5) is 5.13 Å². The molecule has 0 bridgehead atoms. The number of nitrogens with zero attached hydrogens (tertiary/aromatic N) is 5. The van der Waals surface area contributed by atoms with Gasteiger partial charge in [0.05, 0.1) is 25.1 Å². The standard InChI is InChI=1S/C22H22N6O2S/c29-20(27-9-11-30-12-10-27)18(13-16-5-2-1-3-6-16)24-21-26-28-15-19(25-22(28)31-21)17-7-4-8-23-14-17/h1-8,14-15,18H,9-13H2,(H,24,26). The zero-order valence-electron chi connectivity index (χ0n) is 16.8. The molecule has 0 aliphatic carbocycles. The maximum absolute atomic E-state index is 13.3. The van der Waals surface area contributed by atoms with E-state index in [0.29, 0.717) is 37.9 Å². The molecule has 1 saturated heterocycles. The number of nitrogens with one attached hydrogen (secondary N) is 1. The third-order valence-electron chi connectivity index (χ3n) is 5.20. The Morgan fingerprint density at radius 1 is 1.16 bits per heavy atom. The average Bonchev–Trinajstić information content (AvgIpc) is 3.39. The van der Waals surface area contributed by atoms with Crippen molar-refractivity contribution in [2.75, 3.05) is 31.6 Å². The molecule has 0 saturated carbocycles. The van der Waals surface area contributed by atoms with Crippen LogP contribution >= 0.6 is 11.3 Å². The fraction of sp³-hybridized carbons (Fsp3) is 0.273. The van der Waals surface area contributed by atoms with E-state index in [1.807, 2.05) is 53.6 Å². The number of pyridine rings is 1. The number of benzene rings is 1. The number of aromatic nitrogens is 4. The van der Waals surface area contributed by atoms with E-state index in [1.165, 1.54) is 11.3 Å². The Bertz CT molecular complexity index is 1120. The highest BCUT2D eigenvalue weighted by atomic mass is 32.1. The highest BCUT2D eigenvalue weighted by Gasteiger charge is 2.27. The number of morpholine rings is 1. The lowest BCUT2D eigenvalue weighted by molar-refractivity contribution is -0.136. The van der Waals surface area contributed by atoms with Gasteiger partial charge in [-0.1, -0.05) is 41.7 Å². The van der Waals surface area contributed by atoms with Crippen LogP contribution in [0.1, 0.15) is 5.56 Å². The fourth-order valence-corrected chi connectivity index (χ4v) is 4.45. The molecule has 4 heterocycles. The largest absolute Gasteiger partial charge is 0.378 e. The molecular formula is C22H22N6O2S. The Hall–Kier alpha value is -3.30. The number of imidazole rings is 1. The minimum atomic E-state index is -0.408. The maximum Gasteiger partial charge on any atom is 0.245 e. The van der Waals surface area contributed by atoms with Crippen molar-refractivity contribution in [1.29, 1.82) is 0 Å². The van der Waals surface area contributed by atoms with Crippen molar-refractivity contribution in [2.24, 2.45) is 0 Å². The smallest absolute Gasteiger partial charge is 0.245 e. The van der Waals surface area contributed by atoms with Gasteiger partial charge >= 0.3 is 0 Å². The van der Waals surface area contributed by atoms with Crippen LogP contribution in [0.3, 0.4) is 0 Å². The first-order valence-electron chi connectivity index (χ1n) is 10.2. The van der Waals surface area contributed by atoms with Crippen LogP contribution in [0.25, 0.3) is 16.2 Å². The number of carbonyl (C=O) groups is 1. The molecule has 1 fully saturated rings. The zero-order valence-corrected chi connectivity index (χ0v) is 17.7. The number of anilines is 1. The van der Waals surface area contributed by atoms with Crippen LogP contribution < -0.4 is 5.32 Å². The van der Waals surface area contributed by atoms with Gasteiger partial charge in [0.25, 0.3) is 0 Å². The van der Waals surface area contributed by atoms with Gasteiger partial charge in [-0.15, -0.1) is 5.10 Å². The van der Waals surface area contributed by atoms with Crippen LogP contribution in [-0.4, -0.2) is 62.7 Å². The number of hydrogen-bond acceptors (Lipinski definition) is 7. The summed E-state index contributed by atoms with van der Waals surface area (Å²) < 4.78 is 7.15. The SMILES string of the molecule is O=C(C(Cc1ccccc1)Nc1nn2cc(-c3cccnc3)nc2s1)N1CCOCC1. The lowest BCUT2D eigenvalue weighted by Crippen LogP contribution is -2.48. The average molecular weight is 435 g/mol. The van der Waals surface area contributed by atoms with Crippen LogP contribution in [0.2, 0.25) is 0 Å². The second-order valence-electron chi connectivity index (χ2n) is 7.33. The quantitative estimate of drug-likeness (QED) is 0.502. The molecule has 9 heteroatoms. The number of hydrogen-bond donors (Lipinski definition) is 1. The summed E-state index contributed by atoms with van der Waals surface area (Å²) in [5.74, 6) is 0.0658. The Morgan fingerprint density at radius 2 is 2.00 bits per heavy atom. The van der Waals surface area contributed by atoms with Crippen molar-refractivity contribution < 1.29 is 9.53 Å². The first-order valence-corrected chi connectivity index (χ1v) is 11.0. The molecule has 31 heavy (non-hydrogen) atoms. The molecule has 1 unspecified atom stereocenters. The van der Waals surface area contributed by atoms with Gasteiger partial charge in [-0.25, -0.2) is 9.50 Å². The summed E-state index contributed by atoms with van der Waals surface area (Å²) in [7, 11) is 0. The minimum Gasteiger partial charge on any atom is -0.378 e. The monoisotopic (exact) mass is 434 g/mol. The van der Waals surface area contributed by atoms with Gasteiger partial charge in [0.2, 0.25) is 16.0 Å². The molecule has 5 rings (SSSR count). The van der Waals surface area contributed by atoms with Gasteiger partial charge in [0, 0.05) is 37.5 Å². The van der Waals surface area contributed by atoms with E-state index >= 15 is 0 Å². The molecule has 1 N–H and O–H groups in total. The summed E-state index contributed by atoms with van der Waals surface area (Å²) in [6.07, 6.45) is 5.98. The van der Waals surface area contributed by atoms with E-state index in [4.69, 9.17) is 4.74 Å². The Labute approximate surface area is 183 Å². The van der Waals surface area contributed by atoms with E-state index in [0.717, 1.165) is 21.8 Å². The molecule has 158 valence electrons. The normalized spacial score (nSPS) is 15.2. The van der Waals surface area contributed by atoms with Crippen molar-refractivity contribution in [3.05, 3.63) is 66.6 Å². The van der Waals surface area contributed by atoms with Crippen molar-refractivity contribution in [3.63, 3.8) is 0 Å². The Morgan fingerprint density at radius 3 is 2.74 bits per heavy atom. The van der Waals surface area contributed by atoms with Gasteiger partial charge < -0.3 is 15.0 Å². The Balaban J connectivity index is 1.38. The molecule has 1 aromatic carbocycles. The van der Waals surface area contributed by atoms with Crippen molar-refractivity contribution in [1.82, 2.24) is 24.5 Å². The van der Waals surface area contributed by atoms with Crippen molar-refractivity contribution in [3.8, 4) is 11.3 Å². The summed E-state index contributed by atoms with van der Waals surface area (Å²) in [6, 6.07) is 13.5. The van der Waals surface area contributed by atoms with Gasteiger partial charge in [-0.3, -0.25) is 9.78 Å². The zero-order chi connectivity index (χ0) is 21.0. The predicted molar refractivity (Wildman–Crippen MR) is 119 cm³/mol. The third-order valence-corrected chi connectivity index (χ3v) is 6.06. The van der Waals surface area contributed by atoms with Gasteiger partial charge in [-0.05, 0) is 17.7 Å². The minimum absolute atomic E-state index is 0.0658.